The van der Waals surface area contributed by atoms with E-state index in [1.165, 1.54) is 6.26 Å². The molecule has 6 heteroatoms. The van der Waals surface area contributed by atoms with E-state index in [1.54, 1.807) is 0 Å². The summed E-state index contributed by atoms with van der Waals surface area (Å²) in [6.07, 6.45) is 0.398. The summed E-state index contributed by atoms with van der Waals surface area (Å²) in [5.41, 5.74) is -0.0720. The van der Waals surface area contributed by atoms with Crippen LogP contribution < -0.4 is 10.1 Å². The fourth-order valence-corrected chi connectivity index (χ4v) is 0.819. The van der Waals surface area contributed by atoms with Gasteiger partial charge in [0, 0.05) is 5.54 Å². The van der Waals surface area contributed by atoms with Crippen molar-refractivity contribution in [1.82, 2.24) is 10.3 Å². The summed E-state index contributed by atoms with van der Waals surface area (Å²) in [4.78, 5) is 14.9. The van der Waals surface area contributed by atoms with Gasteiger partial charge in [0.25, 0.3) is 0 Å². The number of aliphatic hydroxyl groups is 1. The van der Waals surface area contributed by atoms with Crippen LogP contribution in [0.4, 0.5) is 4.79 Å². The number of amides is 1. The lowest BCUT2D eigenvalue weighted by Gasteiger charge is -2.18. The third-order valence-corrected chi connectivity index (χ3v) is 1.35. The van der Waals surface area contributed by atoms with Crippen LogP contribution in [0.1, 0.15) is 26.5 Å². The number of carbonyl (C=O) groups excluding carboxylic acids is 1. The van der Waals surface area contributed by atoms with Crippen LogP contribution in [0.3, 0.4) is 0 Å². The lowest BCUT2D eigenvalue weighted by atomic mass is 10.1. The molecule has 84 valence electrons. The number of hydrogen-bond donors (Lipinski definition) is 2. The van der Waals surface area contributed by atoms with Crippen LogP contribution in [0, 0.1) is 0 Å². The maximum atomic E-state index is 11.2. The van der Waals surface area contributed by atoms with E-state index in [4.69, 9.17) is 14.3 Å². The van der Waals surface area contributed by atoms with Gasteiger partial charge in [0.1, 0.15) is 12.0 Å². The number of aromatic nitrogens is 1. The van der Waals surface area contributed by atoms with Gasteiger partial charge in [-0.2, -0.15) is 4.98 Å². The molecule has 0 aliphatic heterocycles. The predicted octanol–water partition coefficient (Wildman–Crippen LogP) is 1.05. The second-order valence-corrected chi connectivity index (χ2v) is 4.03. The van der Waals surface area contributed by atoms with E-state index in [1.807, 2.05) is 20.8 Å². The average Bonchev–Trinajstić information content (AvgIpc) is 2.48. The Kier molecular flexibility index (Phi) is 3.31. The van der Waals surface area contributed by atoms with Gasteiger partial charge in [0.15, 0.2) is 0 Å². The monoisotopic (exact) mass is 214 g/mol. The summed E-state index contributed by atoms with van der Waals surface area (Å²) in [5.74, 6) is 0. The molecule has 2 N–H and O–H groups in total. The molecule has 15 heavy (non-hydrogen) atoms. The van der Waals surface area contributed by atoms with Crippen molar-refractivity contribution in [1.29, 1.82) is 0 Å². The molecule has 0 unspecified atom stereocenters. The summed E-state index contributed by atoms with van der Waals surface area (Å²) in [7, 11) is 0. The third kappa shape index (κ3) is 3.99. The highest BCUT2D eigenvalue weighted by atomic mass is 16.6. The SMILES string of the molecule is CC(C)(C)NC(=O)Oc1nc(CO)co1. The molecule has 0 atom stereocenters. The number of nitrogens with one attached hydrogen (secondary N) is 1. The van der Waals surface area contributed by atoms with E-state index in [0.717, 1.165) is 0 Å². The van der Waals surface area contributed by atoms with Gasteiger partial charge in [-0.15, -0.1) is 0 Å². The first kappa shape index (κ1) is 11.5. The topological polar surface area (TPSA) is 84.6 Å². The molecule has 0 fully saturated rings. The summed E-state index contributed by atoms with van der Waals surface area (Å²) in [6.45, 7) is 5.21. The van der Waals surface area contributed by atoms with Crippen molar-refractivity contribution in [2.24, 2.45) is 0 Å². The van der Waals surface area contributed by atoms with Gasteiger partial charge >= 0.3 is 12.2 Å². The third-order valence-electron chi connectivity index (χ3n) is 1.35. The lowest BCUT2D eigenvalue weighted by Crippen LogP contribution is -2.42. The maximum Gasteiger partial charge on any atom is 0.416 e. The number of rotatable bonds is 2. The first-order chi connectivity index (χ1) is 6.90. The summed E-state index contributed by atoms with van der Waals surface area (Å²) >= 11 is 0. The van der Waals surface area contributed by atoms with Crippen LogP contribution in [0.2, 0.25) is 0 Å². The van der Waals surface area contributed by atoms with Crippen molar-refractivity contribution in [2.75, 3.05) is 0 Å². The molecule has 1 aromatic rings. The fourth-order valence-electron chi connectivity index (χ4n) is 0.819. The number of aliphatic hydroxyl groups excluding tert-OH is 1. The molecular weight excluding hydrogens is 200 g/mol. The van der Waals surface area contributed by atoms with Gasteiger partial charge in [-0.25, -0.2) is 4.79 Å². The second kappa shape index (κ2) is 4.31. The van der Waals surface area contributed by atoms with Crippen LogP contribution in [-0.2, 0) is 6.61 Å². The minimum atomic E-state index is -0.645. The van der Waals surface area contributed by atoms with Gasteiger partial charge < -0.3 is 19.6 Å². The molecule has 0 aliphatic carbocycles. The van der Waals surface area contributed by atoms with E-state index >= 15 is 0 Å². The molecule has 0 spiro atoms. The Morgan fingerprint density at radius 3 is 2.80 bits per heavy atom. The van der Waals surface area contributed by atoms with Gasteiger partial charge in [-0.1, -0.05) is 0 Å². The van der Waals surface area contributed by atoms with Crippen LogP contribution in [0.25, 0.3) is 0 Å². The first-order valence-corrected chi connectivity index (χ1v) is 4.46. The van der Waals surface area contributed by atoms with Crippen molar-refractivity contribution in [3.63, 3.8) is 0 Å². The highest BCUT2D eigenvalue weighted by Gasteiger charge is 2.17. The van der Waals surface area contributed by atoms with Crippen LogP contribution in [-0.4, -0.2) is 21.7 Å². The Morgan fingerprint density at radius 1 is 1.67 bits per heavy atom. The Labute approximate surface area is 87.3 Å². The molecule has 1 amide bonds. The molecular formula is C9H14N2O4. The van der Waals surface area contributed by atoms with Crippen molar-refractivity contribution in [2.45, 2.75) is 32.9 Å². The Morgan fingerprint density at radius 2 is 2.33 bits per heavy atom. The molecule has 1 rings (SSSR count). The fraction of sp³-hybridized carbons (Fsp3) is 0.556. The highest BCUT2D eigenvalue weighted by molar-refractivity contribution is 5.70. The van der Waals surface area contributed by atoms with E-state index in [9.17, 15) is 4.79 Å². The molecule has 1 aromatic heterocycles. The normalized spacial score (nSPS) is 11.2. The Hall–Kier alpha value is -1.56. The van der Waals surface area contributed by atoms with Gasteiger partial charge in [0.05, 0.1) is 6.61 Å². The molecule has 0 saturated heterocycles. The summed E-state index contributed by atoms with van der Waals surface area (Å²) in [6, 6.07) is 0. The van der Waals surface area contributed by atoms with Gasteiger partial charge in [0.2, 0.25) is 0 Å². The molecule has 6 nitrogen and oxygen atoms in total. The zero-order valence-electron chi connectivity index (χ0n) is 8.90. The predicted molar refractivity (Wildman–Crippen MR) is 51.3 cm³/mol. The highest BCUT2D eigenvalue weighted by Crippen LogP contribution is 2.10. The Balaban J connectivity index is 2.51. The molecule has 0 saturated carbocycles. The van der Waals surface area contributed by atoms with Gasteiger partial charge in [-0.05, 0) is 20.8 Å². The van der Waals surface area contributed by atoms with E-state index < -0.39 is 6.09 Å². The number of carbonyl (C=O) groups is 1. The molecule has 1 heterocycles. The Bertz CT molecular complexity index is 340. The minimum absolute atomic E-state index is 0.180. The minimum Gasteiger partial charge on any atom is -0.417 e. The summed E-state index contributed by atoms with van der Waals surface area (Å²) in [5, 5.41) is 11.3. The zero-order chi connectivity index (χ0) is 11.5. The largest absolute Gasteiger partial charge is 0.417 e. The molecule has 0 aromatic carbocycles. The number of nitrogens with zero attached hydrogens (tertiary/aromatic N) is 1. The van der Waals surface area contributed by atoms with E-state index in [-0.39, 0.29) is 18.2 Å². The maximum absolute atomic E-state index is 11.2. The zero-order valence-corrected chi connectivity index (χ0v) is 8.90. The van der Waals surface area contributed by atoms with Gasteiger partial charge in [-0.3, -0.25) is 0 Å². The van der Waals surface area contributed by atoms with Crippen LogP contribution >= 0.6 is 0 Å². The molecule has 0 bridgehead atoms. The van der Waals surface area contributed by atoms with E-state index in [2.05, 4.69) is 10.3 Å². The standard InChI is InChI=1S/C9H14N2O4/c1-9(2,3)11-7(13)15-8-10-6(4-12)5-14-8/h5,12H,4H2,1-3H3,(H,11,13). The van der Waals surface area contributed by atoms with Crippen molar-refractivity contribution in [3.05, 3.63) is 12.0 Å². The average molecular weight is 214 g/mol. The molecule has 0 radical (unpaired) electrons. The first-order valence-electron chi connectivity index (χ1n) is 4.46. The smallest absolute Gasteiger partial charge is 0.416 e. The van der Waals surface area contributed by atoms with E-state index in [0.29, 0.717) is 5.69 Å². The van der Waals surface area contributed by atoms with Crippen LogP contribution in [0.15, 0.2) is 10.7 Å². The summed E-state index contributed by atoms with van der Waals surface area (Å²) < 4.78 is 9.52. The number of oxazole rings is 1. The van der Waals surface area contributed by atoms with Crippen molar-refractivity contribution in [3.8, 4) is 6.08 Å². The number of ether oxygens (including phenoxy) is 1. The molecule has 0 aliphatic rings. The quantitative estimate of drug-likeness (QED) is 0.768. The lowest BCUT2D eigenvalue weighted by molar-refractivity contribution is 0.175. The van der Waals surface area contributed by atoms with Crippen LogP contribution in [0.5, 0.6) is 6.08 Å². The van der Waals surface area contributed by atoms with Crippen molar-refractivity contribution < 1.29 is 19.1 Å². The second-order valence-electron chi connectivity index (χ2n) is 4.03. The van der Waals surface area contributed by atoms with Crippen molar-refractivity contribution >= 4 is 6.09 Å². The number of hydrogen-bond acceptors (Lipinski definition) is 5.